The minimum absolute atomic E-state index is 0.0957. The molecule has 4 rings (SSSR count). The van der Waals surface area contributed by atoms with Gasteiger partial charge in [0.2, 0.25) is 0 Å². The Balaban J connectivity index is 1.84. The summed E-state index contributed by atoms with van der Waals surface area (Å²) < 4.78 is 7.39. The van der Waals surface area contributed by atoms with Crippen molar-refractivity contribution in [3.8, 4) is 22.7 Å². The van der Waals surface area contributed by atoms with Crippen LogP contribution in [0.4, 0.5) is 0 Å². The molecule has 0 saturated carbocycles. The molecule has 2 N–H and O–H groups in total. The van der Waals surface area contributed by atoms with Crippen molar-refractivity contribution >= 4 is 16.9 Å². The zero-order valence-electron chi connectivity index (χ0n) is 15.0. The minimum atomic E-state index is -0.796. The number of carbonyl (C=O) groups is 1. The van der Waals surface area contributed by atoms with Gasteiger partial charge in [0, 0.05) is 28.5 Å². The van der Waals surface area contributed by atoms with Gasteiger partial charge in [-0.25, -0.2) is 0 Å². The third kappa shape index (κ3) is 3.31. The Labute approximate surface area is 156 Å². The van der Waals surface area contributed by atoms with Crippen LogP contribution in [0.25, 0.3) is 27.8 Å². The van der Waals surface area contributed by atoms with Gasteiger partial charge in [0.1, 0.15) is 5.75 Å². The van der Waals surface area contributed by atoms with E-state index in [0.29, 0.717) is 6.42 Å². The Bertz CT molecular complexity index is 1090. The first-order chi connectivity index (χ1) is 13.2. The third-order valence-corrected chi connectivity index (χ3v) is 4.74. The molecule has 0 unspecified atom stereocenters. The lowest BCUT2D eigenvalue weighted by molar-refractivity contribution is -0.136. The quantitative estimate of drug-likeness (QED) is 0.526. The van der Waals surface area contributed by atoms with Gasteiger partial charge in [0.05, 0.1) is 19.2 Å². The van der Waals surface area contributed by atoms with E-state index in [-0.39, 0.29) is 6.42 Å². The molecule has 0 fully saturated rings. The number of hydrogen-bond acceptors (Lipinski definition) is 2. The summed E-state index contributed by atoms with van der Waals surface area (Å²) in [7, 11) is 1.65. The molecule has 4 aromatic rings. The number of methoxy groups -OCH3 is 1. The summed E-state index contributed by atoms with van der Waals surface area (Å²) in [6.45, 7) is 0. The number of carboxylic acid groups (broad SMARTS) is 1. The molecule has 5 heteroatoms. The maximum Gasteiger partial charge on any atom is 0.303 e. The van der Waals surface area contributed by atoms with Gasteiger partial charge in [0.25, 0.3) is 0 Å². The number of fused-ring (bicyclic) bond motifs is 1. The monoisotopic (exact) mass is 360 g/mol. The van der Waals surface area contributed by atoms with E-state index in [4.69, 9.17) is 9.84 Å². The van der Waals surface area contributed by atoms with E-state index in [1.54, 1.807) is 7.11 Å². The number of benzene rings is 2. The molecular formula is C22H20N2O3. The number of carboxylic acids is 1. The molecule has 2 aromatic heterocycles. The predicted molar refractivity (Wildman–Crippen MR) is 106 cm³/mol. The van der Waals surface area contributed by atoms with Gasteiger partial charge < -0.3 is 19.4 Å². The number of ether oxygens (including phenoxy) is 1. The Morgan fingerprint density at radius 3 is 2.63 bits per heavy atom. The van der Waals surface area contributed by atoms with E-state index in [0.717, 1.165) is 39.3 Å². The molecular weight excluding hydrogens is 340 g/mol. The normalized spacial score (nSPS) is 11.0. The molecule has 0 aliphatic heterocycles. The van der Waals surface area contributed by atoms with Crippen molar-refractivity contribution < 1.29 is 14.6 Å². The van der Waals surface area contributed by atoms with Crippen molar-refractivity contribution in [1.82, 2.24) is 9.55 Å². The second kappa shape index (κ2) is 7.03. The Kier molecular flexibility index (Phi) is 4.42. The third-order valence-electron chi connectivity index (χ3n) is 4.74. The molecule has 2 aromatic carbocycles. The van der Waals surface area contributed by atoms with E-state index in [9.17, 15) is 4.79 Å². The SMILES string of the molecule is COc1ccc(-c2ccc(CCC(=O)O)n2-c2ccc3[nH]ccc3c2)cc1. The van der Waals surface area contributed by atoms with E-state index in [1.807, 2.05) is 54.7 Å². The van der Waals surface area contributed by atoms with E-state index >= 15 is 0 Å². The van der Waals surface area contributed by atoms with Crippen LogP contribution in [0, 0.1) is 0 Å². The van der Waals surface area contributed by atoms with Crippen LogP contribution < -0.4 is 4.74 Å². The number of H-pyrrole nitrogens is 1. The lowest BCUT2D eigenvalue weighted by atomic mass is 10.1. The standard InChI is InChI=1S/C22H20N2O3/c1-27-19-7-2-15(3-8-19)21-10-5-17(6-11-22(25)26)24(21)18-4-9-20-16(14-18)12-13-23-20/h2-5,7-10,12-14,23H,6,11H2,1H3,(H,25,26). The number of nitrogens with zero attached hydrogens (tertiary/aromatic N) is 1. The Morgan fingerprint density at radius 1 is 1.07 bits per heavy atom. The fourth-order valence-corrected chi connectivity index (χ4v) is 3.38. The first-order valence-corrected chi connectivity index (χ1v) is 8.80. The summed E-state index contributed by atoms with van der Waals surface area (Å²) in [5.74, 6) is 0.00605. The summed E-state index contributed by atoms with van der Waals surface area (Å²) in [5.41, 5.74) is 5.12. The van der Waals surface area contributed by atoms with Crippen molar-refractivity contribution in [3.05, 3.63) is 72.6 Å². The van der Waals surface area contributed by atoms with Crippen LogP contribution in [0.2, 0.25) is 0 Å². The number of aromatic amines is 1. The van der Waals surface area contributed by atoms with Crippen molar-refractivity contribution in [2.24, 2.45) is 0 Å². The summed E-state index contributed by atoms with van der Waals surface area (Å²) in [4.78, 5) is 14.3. The van der Waals surface area contributed by atoms with Gasteiger partial charge in [-0.3, -0.25) is 4.79 Å². The predicted octanol–water partition coefficient (Wildman–Crippen LogP) is 4.65. The molecule has 5 nitrogen and oxygen atoms in total. The van der Waals surface area contributed by atoms with Gasteiger partial charge in [-0.05, 0) is 72.6 Å². The lowest BCUT2D eigenvalue weighted by Gasteiger charge is -2.14. The second-order valence-electron chi connectivity index (χ2n) is 6.42. The van der Waals surface area contributed by atoms with Gasteiger partial charge in [0.15, 0.2) is 0 Å². The first kappa shape index (κ1) is 17.0. The average molecular weight is 360 g/mol. The molecule has 2 heterocycles. The lowest BCUT2D eigenvalue weighted by Crippen LogP contribution is -2.05. The maximum atomic E-state index is 11.1. The fraction of sp³-hybridized carbons (Fsp3) is 0.136. The number of aromatic nitrogens is 2. The van der Waals surface area contributed by atoms with Crippen LogP contribution in [-0.2, 0) is 11.2 Å². The molecule has 0 spiro atoms. The number of aliphatic carboxylic acids is 1. The topological polar surface area (TPSA) is 67.2 Å². The highest BCUT2D eigenvalue weighted by atomic mass is 16.5. The van der Waals surface area contributed by atoms with Gasteiger partial charge in [-0.1, -0.05) is 0 Å². The number of rotatable bonds is 6. The average Bonchev–Trinajstić information content (AvgIpc) is 3.32. The molecule has 0 aliphatic rings. The van der Waals surface area contributed by atoms with E-state index < -0.39 is 5.97 Å². The fourth-order valence-electron chi connectivity index (χ4n) is 3.38. The molecule has 0 bridgehead atoms. The van der Waals surface area contributed by atoms with E-state index in [2.05, 4.69) is 21.7 Å². The molecule has 0 aliphatic carbocycles. The Hall–Kier alpha value is -3.47. The van der Waals surface area contributed by atoms with Crippen molar-refractivity contribution in [2.45, 2.75) is 12.8 Å². The summed E-state index contributed by atoms with van der Waals surface area (Å²) >= 11 is 0. The molecule has 0 atom stereocenters. The molecule has 0 radical (unpaired) electrons. The maximum absolute atomic E-state index is 11.1. The molecule has 27 heavy (non-hydrogen) atoms. The smallest absolute Gasteiger partial charge is 0.303 e. The van der Waals surface area contributed by atoms with Crippen LogP contribution in [0.5, 0.6) is 5.75 Å². The van der Waals surface area contributed by atoms with Crippen LogP contribution >= 0.6 is 0 Å². The number of nitrogens with one attached hydrogen (secondary N) is 1. The summed E-state index contributed by atoms with van der Waals surface area (Å²) in [6, 6.07) is 20.2. The summed E-state index contributed by atoms with van der Waals surface area (Å²) in [5, 5.41) is 10.2. The summed E-state index contributed by atoms with van der Waals surface area (Å²) in [6.07, 6.45) is 2.48. The number of aryl methyl sites for hydroxylation is 1. The van der Waals surface area contributed by atoms with Crippen molar-refractivity contribution in [1.29, 1.82) is 0 Å². The highest BCUT2D eigenvalue weighted by Crippen LogP contribution is 2.30. The van der Waals surface area contributed by atoms with E-state index in [1.165, 1.54) is 0 Å². The zero-order chi connectivity index (χ0) is 18.8. The molecule has 0 saturated heterocycles. The zero-order valence-corrected chi connectivity index (χ0v) is 15.0. The Morgan fingerprint density at radius 2 is 1.89 bits per heavy atom. The van der Waals surface area contributed by atoms with Gasteiger partial charge in [-0.15, -0.1) is 0 Å². The van der Waals surface area contributed by atoms with Crippen LogP contribution in [0.15, 0.2) is 66.9 Å². The van der Waals surface area contributed by atoms with Crippen molar-refractivity contribution in [2.75, 3.05) is 7.11 Å². The van der Waals surface area contributed by atoms with Gasteiger partial charge >= 0.3 is 5.97 Å². The number of hydrogen-bond donors (Lipinski definition) is 2. The minimum Gasteiger partial charge on any atom is -0.497 e. The van der Waals surface area contributed by atoms with Crippen LogP contribution in [-0.4, -0.2) is 27.7 Å². The van der Waals surface area contributed by atoms with Gasteiger partial charge in [-0.2, -0.15) is 0 Å². The van der Waals surface area contributed by atoms with Crippen molar-refractivity contribution in [3.63, 3.8) is 0 Å². The molecule has 0 amide bonds. The van der Waals surface area contributed by atoms with Crippen LogP contribution in [0.3, 0.4) is 0 Å². The van der Waals surface area contributed by atoms with Crippen LogP contribution in [0.1, 0.15) is 12.1 Å². The molecule has 136 valence electrons. The largest absolute Gasteiger partial charge is 0.497 e. The second-order valence-corrected chi connectivity index (χ2v) is 6.42. The first-order valence-electron chi connectivity index (χ1n) is 8.80. The highest BCUT2D eigenvalue weighted by Gasteiger charge is 2.14. The highest BCUT2D eigenvalue weighted by molar-refractivity contribution is 5.82.